The van der Waals surface area contributed by atoms with Gasteiger partial charge in [0.25, 0.3) is 0 Å². The molecule has 0 fully saturated rings. The molecule has 2 nitrogen and oxygen atoms in total. The number of hydrogen-bond donors (Lipinski definition) is 1. The molecule has 1 atom stereocenters. The Morgan fingerprint density at radius 3 is 2.69 bits per heavy atom. The fourth-order valence-corrected chi connectivity index (χ4v) is 1.50. The van der Waals surface area contributed by atoms with Gasteiger partial charge in [-0.2, -0.15) is 0 Å². The number of alkyl halides is 1. The van der Waals surface area contributed by atoms with Gasteiger partial charge in [0.2, 0.25) is 0 Å². The van der Waals surface area contributed by atoms with Crippen molar-refractivity contribution in [3.8, 4) is 11.5 Å². The Kier molecular flexibility index (Phi) is 3.60. The average molecular weight is 245 g/mol. The molecule has 0 aliphatic heterocycles. The van der Waals surface area contributed by atoms with Crippen LogP contribution >= 0.6 is 15.9 Å². The molecule has 1 aromatic rings. The van der Waals surface area contributed by atoms with Crippen molar-refractivity contribution in [1.29, 1.82) is 0 Å². The molecule has 3 heteroatoms. The monoisotopic (exact) mass is 244 g/mol. The second kappa shape index (κ2) is 4.51. The highest BCUT2D eigenvalue weighted by molar-refractivity contribution is 9.09. The first-order valence-electron chi connectivity index (χ1n) is 4.12. The summed E-state index contributed by atoms with van der Waals surface area (Å²) < 4.78 is 4.99. The summed E-state index contributed by atoms with van der Waals surface area (Å²) >= 11 is 3.38. The fourth-order valence-electron chi connectivity index (χ4n) is 1.15. The normalized spacial score (nSPS) is 12.5. The topological polar surface area (TPSA) is 29.5 Å². The fraction of sp³-hybridized carbons (Fsp3) is 0.400. The van der Waals surface area contributed by atoms with E-state index in [1.807, 2.05) is 12.1 Å². The van der Waals surface area contributed by atoms with Gasteiger partial charge in [-0.1, -0.05) is 28.9 Å². The zero-order valence-corrected chi connectivity index (χ0v) is 9.34. The SMILES string of the molecule is COc1ccc(C(C)CBr)c(O)c1. The van der Waals surface area contributed by atoms with Gasteiger partial charge in [0, 0.05) is 11.4 Å². The first-order valence-corrected chi connectivity index (χ1v) is 5.24. The zero-order chi connectivity index (χ0) is 9.84. The van der Waals surface area contributed by atoms with Crippen LogP contribution in [-0.4, -0.2) is 17.5 Å². The van der Waals surface area contributed by atoms with Crippen molar-refractivity contribution in [2.45, 2.75) is 12.8 Å². The lowest BCUT2D eigenvalue weighted by Crippen LogP contribution is -1.95. The van der Waals surface area contributed by atoms with Gasteiger partial charge in [0.1, 0.15) is 11.5 Å². The van der Waals surface area contributed by atoms with Gasteiger partial charge < -0.3 is 9.84 Å². The minimum atomic E-state index is 0.298. The van der Waals surface area contributed by atoms with Crippen molar-refractivity contribution >= 4 is 15.9 Å². The van der Waals surface area contributed by atoms with Gasteiger partial charge in [-0.15, -0.1) is 0 Å². The van der Waals surface area contributed by atoms with Crippen LogP contribution in [0.2, 0.25) is 0 Å². The molecule has 0 amide bonds. The van der Waals surface area contributed by atoms with E-state index in [0.717, 1.165) is 10.9 Å². The molecule has 1 N–H and O–H groups in total. The quantitative estimate of drug-likeness (QED) is 0.829. The predicted molar refractivity (Wildman–Crippen MR) is 56.9 cm³/mol. The Morgan fingerprint density at radius 1 is 1.54 bits per heavy atom. The standard InChI is InChI=1S/C10H13BrO2/c1-7(6-11)9-4-3-8(13-2)5-10(9)12/h3-5,7,12H,6H2,1-2H3. The van der Waals surface area contributed by atoms with Crippen LogP contribution in [-0.2, 0) is 0 Å². The van der Waals surface area contributed by atoms with Gasteiger partial charge in [-0.3, -0.25) is 0 Å². The predicted octanol–water partition coefficient (Wildman–Crippen LogP) is 2.90. The molecule has 0 spiro atoms. The van der Waals surface area contributed by atoms with Gasteiger partial charge in [-0.05, 0) is 17.5 Å². The molecular weight excluding hydrogens is 232 g/mol. The van der Waals surface area contributed by atoms with Crippen molar-refractivity contribution in [3.05, 3.63) is 23.8 Å². The summed E-state index contributed by atoms with van der Waals surface area (Å²) in [7, 11) is 1.59. The molecule has 13 heavy (non-hydrogen) atoms. The number of rotatable bonds is 3. The van der Waals surface area contributed by atoms with Crippen LogP contribution in [0.1, 0.15) is 18.4 Å². The highest BCUT2D eigenvalue weighted by Crippen LogP contribution is 2.30. The minimum Gasteiger partial charge on any atom is -0.508 e. The Balaban J connectivity index is 2.98. The van der Waals surface area contributed by atoms with Crippen LogP contribution in [0.5, 0.6) is 11.5 Å². The van der Waals surface area contributed by atoms with Crippen molar-refractivity contribution in [1.82, 2.24) is 0 Å². The average Bonchev–Trinajstić information content (AvgIpc) is 2.16. The zero-order valence-electron chi connectivity index (χ0n) is 7.75. The third-order valence-corrected chi connectivity index (χ3v) is 2.97. The summed E-state index contributed by atoms with van der Waals surface area (Å²) in [5.74, 6) is 1.29. The van der Waals surface area contributed by atoms with Crippen molar-refractivity contribution in [3.63, 3.8) is 0 Å². The summed E-state index contributed by atoms with van der Waals surface area (Å²) in [5.41, 5.74) is 0.942. The van der Waals surface area contributed by atoms with E-state index in [-0.39, 0.29) is 0 Å². The third-order valence-electron chi connectivity index (χ3n) is 2.00. The van der Waals surface area contributed by atoms with Crippen LogP contribution < -0.4 is 4.74 Å². The van der Waals surface area contributed by atoms with Crippen LogP contribution in [0.15, 0.2) is 18.2 Å². The van der Waals surface area contributed by atoms with Gasteiger partial charge in [0.05, 0.1) is 7.11 Å². The summed E-state index contributed by atoms with van der Waals surface area (Å²) in [6.07, 6.45) is 0. The second-order valence-corrected chi connectivity index (χ2v) is 3.63. The van der Waals surface area contributed by atoms with Crippen LogP contribution in [0.3, 0.4) is 0 Å². The Morgan fingerprint density at radius 2 is 2.23 bits per heavy atom. The maximum Gasteiger partial charge on any atom is 0.122 e. The highest BCUT2D eigenvalue weighted by atomic mass is 79.9. The minimum absolute atomic E-state index is 0.298. The molecule has 0 heterocycles. The van der Waals surface area contributed by atoms with Crippen LogP contribution in [0.25, 0.3) is 0 Å². The number of halogens is 1. The molecular formula is C10H13BrO2. The van der Waals surface area contributed by atoms with E-state index in [1.54, 1.807) is 13.2 Å². The summed E-state index contributed by atoms with van der Waals surface area (Å²) in [6, 6.07) is 5.38. The Bertz CT molecular complexity index is 286. The lowest BCUT2D eigenvalue weighted by Gasteiger charge is -2.11. The van der Waals surface area contributed by atoms with Crippen molar-refractivity contribution in [2.75, 3.05) is 12.4 Å². The van der Waals surface area contributed by atoms with Gasteiger partial charge in [0.15, 0.2) is 0 Å². The van der Waals surface area contributed by atoms with E-state index in [1.165, 1.54) is 0 Å². The summed E-state index contributed by atoms with van der Waals surface area (Å²) in [6.45, 7) is 2.05. The summed E-state index contributed by atoms with van der Waals surface area (Å²) in [5, 5.41) is 10.5. The Hall–Kier alpha value is -0.700. The van der Waals surface area contributed by atoms with E-state index >= 15 is 0 Å². The van der Waals surface area contributed by atoms with E-state index in [9.17, 15) is 5.11 Å². The number of phenols is 1. The van der Waals surface area contributed by atoms with Crippen molar-refractivity contribution < 1.29 is 9.84 Å². The molecule has 72 valence electrons. The van der Waals surface area contributed by atoms with Gasteiger partial charge >= 0.3 is 0 Å². The van der Waals surface area contributed by atoms with E-state index in [0.29, 0.717) is 17.4 Å². The number of methoxy groups -OCH3 is 1. The van der Waals surface area contributed by atoms with Crippen molar-refractivity contribution in [2.24, 2.45) is 0 Å². The number of benzene rings is 1. The third kappa shape index (κ3) is 2.37. The summed E-state index contributed by atoms with van der Waals surface area (Å²) in [4.78, 5) is 0. The molecule has 0 aromatic heterocycles. The largest absolute Gasteiger partial charge is 0.508 e. The maximum absolute atomic E-state index is 9.62. The number of ether oxygens (including phenoxy) is 1. The van der Waals surface area contributed by atoms with Crippen LogP contribution in [0.4, 0.5) is 0 Å². The number of phenolic OH excluding ortho intramolecular Hbond substituents is 1. The molecule has 0 bridgehead atoms. The van der Waals surface area contributed by atoms with Gasteiger partial charge in [-0.25, -0.2) is 0 Å². The molecule has 1 rings (SSSR count). The molecule has 0 aliphatic rings. The number of aromatic hydroxyl groups is 1. The Labute approximate surface area is 86.7 Å². The first-order chi connectivity index (χ1) is 6.19. The molecule has 0 saturated heterocycles. The molecule has 0 aliphatic carbocycles. The smallest absolute Gasteiger partial charge is 0.122 e. The van der Waals surface area contributed by atoms with E-state index in [4.69, 9.17) is 4.74 Å². The maximum atomic E-state index is 9.62. The lowest BCUT2D eigenvalue weighted by molar-refractivity contribution is 0.406. The van der Waals surface area contributed by atoms with Crippen LogP contribution in [0, 0.1) is 0 Å². The van der Waals surface area contributed by atoms with E-state index < -0.39 is 0 Å². The highest BCUT2D eigenvalue weighted by Gasteiger charge is 2.09. The lowest BCUT2D eigenvalue weighted by atomic mass is 10.0. The molecule has 0 radical (unpaired) electrons. The number of hydrogen-bond acceptors (Lipinski definition) is 2. The molecule has 0 saturated carbocycles. The molecule has 1 aromatic carbocycles. The second-order valence-electron chi connectivity index (χ2n) is 2.98. The molecule has 1 unspecified atom stereocenters. The first kappa shape index (κ1) is 10.4. The van der Waals surface area contributed by atoms with E-state index in [2.05, 4.69) is 22.9 Å².